The predicted octanol–water partition coefficient (Wildman–Crippen LogP) is 2.01. The van der Waals surface area contributed by atoms with Crippen LogP contribution in [0.2, 0.25) is 0 Å². The Bertz CT molecular complexity index is 1720. The molecule has 15 heteroatoms. The van der Waals surface area contributed by atoms with Gasteiger partial charge in [-0.1, -0.05) is 34.7 Å². The lowest BCUT2D eigenvalue weighted by molar-refractivity contribution is -0.137. The topological polar surface area (TPSA) is 197 Å². The molecule has 47 heavy (non-hydrogen) atoms. The highest BCUT2D eigenvalue weighted by Gasteiger charge is 2.46. The van der Waals surface area contributed by atoms with E-state index in [9.17, 15) is 43.5 Å². The quantitative estimate of drug-likeness (QED) is 0.227. The number of amides is 8. The van der Waals surface area contributed by atoms with Gasteiger partial charge in [0.2, 0.25) is 23.6 Å². The number of fused-ring (bicyclic) bond motifs is 2. The number of piperidine rings is 2. The Hall–Kier alpha value is -5.44. The van der Waals surface area contributed by atoms with Crippen LogP contribution in [0.5, 0.6) is 11.5 Å². The van der Waals surface area contributed by atoms with Crippen molar-refractivity contribution in [2.75, 3.05) is 11.9 Å². The van der Waals surface area contributed by atoms with E-state index in [1.54, 1.807) is 18.2 Å². The Morgan fingerprint density at radius 2 is 1.17 bits per heavy atom. The van der Waals surface area contributed by atoms with Crippen LogP contribution < -0.4 is 15.4 Å². The number of nitrogens with zero attached hydrogens (tertiary/aromatic N) is 2. The summed E-state index contributed by atoms with van der Waals surface area (Å²) >= 11 is 3.13. The number of hydrogen-bond acceptors (Lipinski definition) is 10. The van der Waals surface area contributed by atoms with Gasteiger partial charge in [-0.15, -0.1) is 6.58 Å². The number of aromatic hydroxyl groups is 1. The van der Waals surface area contributed by atoms with Gasteiger partial charge in [-0.2, -0.15) is 0 Å². The zero-order valence-electron chi connectivity index (χ0n) is 24.8. The number of phenols is 1. The molecule has 14 nitrogen and oxygen atoms in total. The van der Waals surface area contributed by atoms with Crippen LogP contribution in [0.3, 0.4) is 0 Å². The summed E-state index contributed by atoms with van der Waals surface area (Å²) in [6.45, 7) is 7.24. The smallest absolute Gasteiger partial charge is 0.262 e. The number of nitrogens with one attached hydrogen (secondary N) is 2. The normalized spacial score (nSPS) is 19.9. The molecule has 4 heterocycles. The van der Waals surface area contributed by atoms with Crippen LogP contribution in [-0.2, 0) is 19.2 Å². The van der Waals surface area contributed by atoms with Crippen molar-refractivity contribution >= 4 is 63.2 Å². The zero-order chi connectivity index (χ0) is 34.4. The number of alkyl halides is 1. The Morgan fingerprint density at radius 1 is 0.723 bits per heavy atom. The summed E-state index contributed by atoms with van der Waals surface area (Å²) in [7, 11) is 0. The number of ether oxygens (including phenoxy) is 1. The maximum atomic E-state index is 12.5. The summed E-state index contributed by atoms with van der Waals surface area (Å²) < 4.78 is 5.36. The molecule has 2 saturated heterocycles. The number of allylic oxidation sites excluding steroid dienone is 1. The third-order valence-corrected chi connectivity index (χ3v) is 7.77. The molecule has 0 bridgehead atoms. The van der Waals surface area contributed by atoms with Crippen molar-refractivity contribution in [3.63, 3.8) is 0 Å². The molecular weight excluding hydrogens is 680 g/mol. The van der Waals surface area contributed by atoms with Gasteiger partial charge in [-0.3, -0.25) is 58.8 Å². The molecular formula is C32H29BrN4O10. The fourth-order valence-electron chi connectivity index (χ4n) is 5.15. The molecule has 0 spiro atoms. The summed E-state index contributed by atoms with van der Waals surface area (Å²) in [5, 5.41) is 14.5. The van der Waals surface area contributed by atoms with Gasteiger partial charge in [-0.25, -0.2) is 0 Å². The van der Waals surface area contributed by atoms with E-state index in [2.05, 4.69) is 39.7 Å². The molecule has 0 radical (unpaired) electrons. The van der Waals surface area contributed by atoms with Crippen LogP contribution in [-0.4, -0.2) is 86.2 Å². The van der Waals surface area contributed by atoms with E-state index in [0.29, 0.717) is 5.75 Å². The molecule has 244 valence electrons. The number of benzene rings is 2. The number of hydrogen-bond donors (Lipinski definition) is 3. The molecule has 2 aromatic carbocycles. The highest BCUT2D eigenvalue weighted by atomic mass is 79.9. The molecule has 8 amide bonds. The fourth-order valence-corrected chi connectivity index (χ4v) is 5.15. The van der Waals surface area contributed by atoms with Crippen molar-refractivity contribution in [1.29, 1.82) is 0 Å². The highest BCUT2D eigenvalue weighted by Crippen LogP contribution is 2.31. The molecule has 2 atom stereocenters. The van der Waals surface area contributed by atoms with E-state index in [1.165, 1.54) is 30.3 Å². The van der Waals surface area contributed by atoms with Crippen molar-refractivity contribution in [1.82, 2.24) is 20.4 Å². The molecule has 2 fully saturated rings. The van der Waals surface area contributed by atoms with Gasteiger partial charge in [0.05, 0.1) is 22.3 Å². The van der Waals surface area contributed by atoms with E-state index >= 15 is 0 Å². The Kier molecular flexibility index (Phi) is 10.8. The average Bonchev–Trinajstić information content (AvgIpc) is 3.43. The van der Waals surface area contributed by atoms with Crippen LogP contribution in [0.25, 0.3) is 0 Å². The monoisotopic (exact) mass is 708 g/mol. The van der Waals surface area contributed by atoms with Gasteiger partial charge >= 0.3 is 0 Å². The van der Waals surface area contributed by atoms with Gasteiger partial charge in [0.1, 0.15) is 30.2 Å². The summed E-state index contributed by atoms with van der Waals surface area (Å²) in [6.07, 6.45) is 3.78. The van der Waals surface area contributed by atoms with Crippen LogP contribution in [0, 0.1) is 0 Å². The minimum atomic E-state index is -0.984. The van der Waals surface area contributed by atoms with Gasteiger partial charge in [0, 0.05) is 18.2 Å². The summed E-state index contributed by atoms with van der Waals surface area (Å²) in [5.74, 6) is -4.08. The minimum absolute atomic E-state index is 0.0692. The standard InChI is InChI=1S/C16H14N2O5.C13H10N2O5.C3H5Br/c1-2-7-23-9-3-4-10-11(8-9)16(22)18(15(10)21)12-5-6-13(19)17-14(12)20;16-6-1-2-7-8(5-6)13(20)15(12(7)19)9-3-4-10(17)14-11(9)18;1-2-3-4/h2-4,8,12H,1,5-7H2,(H,17,19,20);1-2,5,9,16H,3-4H2,(H,14,17,18);2H,1,3H2. The number of carbonyl (C=O) groups excluding carboxylic acids is 8. The number of imide groups is 4. The first-order valence-corrected chi connectivity index (χ1v) is 15.4. The summed E-state index contributed by atoms with van der Waals surface area (Å²) in [6, 6.07) is 6.46. The van der Waals surface area contributed by atoms with Crippen LogP contribution in [0.4, 0.5) is 0 Å². The number of phenolic OH excluding ortho intramolecular Hbond substituents is 1. The lowest BCUT2D eigenvalue weighted by Crippen LogP contribution is -2.54. The Balaban J connectivity index is 0.000000193. The molecule has 3 N–H and O–H groups in total. The maximum Gasteiger partial charge on any atom is 0.262 e. The van der Waals surface area contributed by atoms with E-state index in [0.717, 1.165) is 15.1 Å². The lowest BCUT2D eigenvalue weighted by atomic mass is 10.0. The number of carbonyl (C=O) groups is 8. The fraction of sp³-hybridized carbons (Fsp3) is 0.250. The minimum Gasteiger partial charge on any atom is -0.508 e. The molecule has 4 aliphatic heterocycles. The number of halogens is 1. The van der Waals surface area contributed by atoms with Crippen molar-refractivity contribution in [2.24, 2.45) is 0 Å². The van der Waals surface area contributed by atoms with E-state index in [-0.39, 0.29) is 60.3 Å². The molecule has 6 rings (SSSR count). The van der Waals surface area contributed by atoms with Crippen molar-refractivity contribution < 1.29 is 48.2 Å². The lowest BCUT2D eigenvalue weighted by Gasteiger charge is -2.27. The third-order valence-electron chi connectivity index (χ3n) is 7.31. The second kappa shape index (κ2) is 14.8. The van der Waals surface area contributed by atoms with Crippen LogP contribution in [0.15, 0.2) is 61.7 Å². The zero-order valence-corrected chi connectivity index (χ0v) is 26.4. The van der Waals surface area contributed by atoms with Crippen molar-refractivity contribution in [2.45, 2.75) is 37.8 Å². The second-order valence-corrected chi connectivity index (χ2v) is 11.0. The van der Waals surface area contributed by atoms with E-state index < -0.39 is 59.3 Å². The SMILES string of the molecule is C=CCBr.C=CCOc1ccc2c(c1)C(=O)N(C1CCC(=O)NC1=O)C2=O.O=C1CCC(N2C(=O)c3ccc(O)cc3C2=O)C(=O)N1. The molecule has 4 aliphatic rings. The van der Waals surface area contributed by atoms with Gasteiger partial charge in [-0.05, 0) is 49.2 Å². The maximum absolute atomic E-state index is 12.5. The summed E-state index contributed by atoms with van der Waals surface area (Å²) in [5.41, 5.74) is 0.643. The van der Waals surface area contributed by atoms with E-state index in [4.69, 9.17) is 4.74 Å². The number of rotatable bonds is 6. The molecule has 2 aromatic rings. The first-order valence-electron chi connectivity index (χ1n) is 14.2. The molecule has 0 aliphatic carbocycles. The van der Waals surface area contributed by atoms with E-state index in [1.807, 2.05) is 0 Å². The average molecular weight is 710 g/mol. The third kappa shape index (κ3) is 7.19. The highest BCUT2D eigenvalue weighted by molar-refractivity contribution is 9.09. The van der Waals surface area contributed by atoms with Crippen molar-refractivity contribution in [3.05, 3.63) is 84.0 Å². The Morgan fingerprint density at radius 3 is 1.62 bits per heavy atom. The van der Waals surface area contributed by atoms with Crippen LogP contribution in [0.1, 0.15) is 67.1 Å². The second-order valence-electron chi connectivity index (χ2n) is 10.4. The largest absolute Gasteiger partial charge is 0.508 e. The van der Waals surface area contributed by atoms with Gasteiger partial charge in [0.25, 0.3) is 23.6 Å². The van der Waals surface area contributed by atoms with Gasteiger partial charge in [0.15, 0.2) is 0 Å². The molecule has 2 unspecified atom stereocenters. The molecule has 0 saturated carbocycles. The summed E-state index contributed by atoms with van der Waals surface area (Å²) in [4.78, 5) is 97.2. The van der Waals surface area contributed by atoms with Crippen molar-refractivity contribution in [3.8, 4) is 11.5 Å². The van der Waals surface area contributed by atoms with Gasteiger partial charge < -0.3 is 9.84 Å². The van der Waals surface area contributed by atoms with Crippen LogP contribution >= 0.6 is 15.9 Å². The first-order chi connectivity index (χ1) is 22.4. The molecule has 0 aromatic heterocycles. The predicted molar refractivity (Wildman–Crippen MR) is 168 cm³/mol. The first kappa shape index (κ1) is 34.4. The Labute approximate surface area is 276 Å².